The molecule has 0 aliphatic carbocycles. The fourth-order valence-corrected chi connectivity index (χ4v) is 2.20. The lowest BCUT2D eigenvalue weighted by Crippen LogP contribution is -2.05. The van der Waals surface area contributed by atoms with E-state index in [0.717, 1.165) is 5.69 Å². The van der Waals surface area contributed by atoms with Crippen LogP contribution in [0.2, 0.25) is 0 Å². The standard InChI is InChI=1S/C19H16FN3O2/c1-13(24)22-15-7-8-18(17(20)11-15)25-16-9-10-21-19(12-16)23-14-5-3-2-4-6-14/h2-12H,1H3,(H,21,23)(H,22,24). The highest BCUT2D eigenvalue weighted by atomic mass is 19.1. The summed E-state index contributed by atoms with van der Waals surface area (Å²) in [6.07, 6.45) is 1.57. The molecule has 25 heavy (non-hydrogen) atoms. The first-order valence-electron chi connectivity index (χ1n) is 7.63. The van der Waals surface area contributed by atoms with Crippen molar-refractivity contribution in [3.63, 3.8) is 0 Å². The van der Waals surface area contributed by atoms with Crippen molar-refractivity contribution in [3.8, 4) is 11.5 Å². The third-order valence-electron chi connectivity index (χ3n) is 3.26. The molecule has 1 aromatic heterocycles. The summed E-state index contributed by atoms with van der Waals surface area (Å²) < 4.78 is 19.7. The Bertz CT molecular complexity index is 885. The van der Waals surface area contributed by atoms with Gasteiger partial charge in [0.15, 0.2) is 11.6 Å². The number of pyridine rings is 1. The quantitative estimate of drug-likeness (QED) is 0.707. The van der Waals surface area contributed by atoms with Crippen molar-refractivity contribution in [2.24, 2.45) is 0 Å². The Kier molecular flexibility index (Phi) is 4.89. The van der Waals surface area contributed by atoms with E-state index in [9.17, 15) is 9.18 Å². The molecule has 126 valence electrons. The molecule has 0 spiro atoms. The second-order valence-corrected chi connectivity index (χ2v) is 5.30. The Morgan fingerprint density at radius 2 is 1.84 bits per heavy atom. The lowest BCUT2D eigenvalue weighted by atomic mass is 10.3. The molecule has 2 aromatic carbocycles. The molecule has 0 atom stereocenters. The van der Waals surface area contributed by atoms with Crippen LogP contribution >= 0.6 is 0 Å². The molecule has 0 aliphatic rings. The van der Waals surface area contributed by atoms with Crippen LogP contribution in [0.4, 0.5) is 21.6 Å². The summed E-state index contributed by atoms with van der Waals surface area (Å²) in [7, 11) is 0. The number of hydrogen-bond acceptors (Lipinski definition) is 4. The van der Waals surface area contributed by atoms with Crippen molar-refractivity contribution in [2.45, 2.75) is 6.92 Å². The molecular weight excluding hydrogens is 321 g/mol. The van der Waals surface area contributed by atoms with Crippen LogP contribution in [0.15, 0.2) is 66.9 Å². The number of para-hydroxylation sites is 1. The minimum absolute atomic E-state index is 0.0611. The first-order valence-corrected chi connectivity index (χ1v) is 7.63. The largest absolute Gasteiger partial charge is 0.454 e. The van der Waals surface area contributed by atoms with E-state index in [1.807, 2.05) is 30.3 Å². The van der Waals surface area contributed by atoms with Gasteiger partial charge in [-0.3, -0.25) is 4.79 Å². The number of anilines is 3. The number of rotatable bonds is 5. The van der Waals surface area contributed by atoms with E-state index >= 15 is 0 Å². The molecule has 1 heterocycles. The Morgan fingerprint density at radius 3 is 2.56 bits per heavy atom. The van der Waals surface area contributed by atoms with Gasteiger partial charge in [-0.2, -0.15) is 0 Å². The molecule has 3 rings (SSSR count). The molecule has 0 aliphatic heterocycles. The number of nitrogens with one attached hydrogen (secondary N) is 2. The summed E-state index contributed by atoms with van der Waals surface area (Å²) in [5.74, 6) is 0.254. The van der Waals surface area contributed by atoms with Gasteiger partial charge in [0, 0.05) is 36.6 Å². The molecule has 3 aromatic rings. The minimum atomic E-state index is -0.569. The Hall–Kier alpha value is -3.41. The molecule has 0 unspecified atom stereocenters. The maximum atomic E-state index is 14.1. The summed E-state index contributed by atoms with van der Waals surface area (Å²) in [5.41, 5.74) is 1.26. The van der Waals surface area contributed by atoms with E-state index in [0.29, 0.717) is 17.3 Å². The van der Waals surface area contributed by atoms with Gasteiger partial charge in [0.05, 0.1) is 0 Å². The predicted octanol–water partition coefficient (Wildman–Crippen LogP) is 4.72. The smallest absolute Gasteiger partial charge is 0.221 e. The number of nitrogens with zero attached hydrogens (tertiary/aromatic N) is 1. The van der Waals surface area contributed by atoms with Gasteiger partial charge < -0.3 is 15.4 Å². The van der Waals surface area contributed by atoms with Crippen molar-refractivity contribution in [3.05, 3.63) is 72.7 Å². The van der Waals surface area contributed by atoms with Gasteiger partial charge in [0.1, 0.15) is 11.6 Å². The maximum absolute atomic E-state index is 14.1. The third kappa shape index (κ3) is 4.54. The van der Waals surface area contributed by atoms with Gasteiger partial charge in [-0.1, -0.05) is 18.2 Å². The fraction of sp³-hybridized carbons (Fsp3) is 0.0526. The van der Waals surface area contributed by atoms with Crippen LogP contribution in [0, 0.1) is 5.82 Å². The lowest BCUT2D eigenvalue weighted by Gasteiger charge is -2.10. The SMILES string of the molecule is CC(=O)Nc1ccc(Oc2ccnc(Nc3ccccc3)c2)c(F)c1. The van der Waals surface area contributed by atoms with Crippen LogP contribution in [0.1, 0.15) is 6.92 Å². The summed E-state index contributed by atoms with van der Waals surface area (Å²) >= 11 is 0. The Balaban J connectivity index is 1.75. The van der Waals surface area contributed by atoms with Crippen LogP contribution in [0.25, 0.3) is 0 Å². The third-order valence-corrected chi connectivity index (χ3v) is 3.26. The monoisotopic (exact) mass is 337 g/mol. The molecule has 1 amide bonds. The second-order valence-electron chi connectivity index (χ2n) is 5.30. The molecule has 0 saturated carbocycles. The second kappa shape index (κ2) is 7.44. The predicted molar refractivity (Wildman–Crippen MR) is 94.7 cm³/mol. The van der Waals surface area contributed by atoms with Gasteiger partial charge in [0.2, 0.25) is 5.91 Å². The van der Waals surface area contributed by atoms with E-state index < -0.39 is 5.82 Å². The van der Waals surface area contributed by atoms with E-state index in [-0.39, 0.29) is 11.7 Å². The first-order chi connectivity index (χ1) is 12.1. The van der Waals surface area contributed by atoms with Crippen LogP contribution in [0.5, 0.6) is 11.5 Å². The molecule has 5 nitrogen and oxygen atoms in total. The van der Waals surface area contributed by atoms with E-state index in [1.165, 1.54) is 19.1 Å². The van der Waals surface area contributed by atoms with Gasteiger partial charge >= 0.3 is 0 Å². The molecule has 0 fully saturated rings. The van der Waals surface area contributed by atoms with Crippen molar-refractivity contribution in [1.82, 2.24) is 4.98 Å². The lowest BCUT2D eigenvalue weighted by molar-refractivity contribution is -0.114. The highest BCUT2D eigenvalue weighted by Crippen LogP contribution is 2.28. The van der Waals surface area contributed by atoms with Crippen molar-refractivity contribution < 1.29 is 13.9 Å². The average Bonchev–Trinajstić information content (AvgIpc) is 2.58. The summed E-state index contributed by atoms with van der Waals surface area (Å²) in [6, 6.07) is 17.1. The number of ether oxygens (including phenoxy) is 1. The number of amides is 1. The highest BCUT2D eigenvalue weighted by Gasteiger charge is 2.08. The van der Waals surface area contributed by atoms with Crippen molar-refractivity contribution >= 4 is 23.1 Å². The zero-order valence-corrected chi connectivity index (χ0v) is 13.5. The summed E-state index contributed by atoms with van der Waals surface area (Å²) in [4.78, 5) is 15.2. The van der Waals surface area contributed by atoms with Crippen LogP contribution in [-0.4, -0.2) is 10.9 Å². The van der Waals surface area contributed by atoms with E-state index in [1.54, 1.807) is 24.4 Å². The van der Waals surface area contributed by atoms with Crippen molar-refractivity contribution in [1.29, 1.82) is 0 Å². The topological polar surface area (TPSA) is 63.2 Å². The van der Waals surface area contributed by atoms with Crippen LogP contribution < -0.4 is 15.4 Å². The molecule has 2 N–H and O–H groups in total. The molecule has 0 radical (unpaired) electrons. The normalized spacial score (nSPS) is 10.2. The Labute approximate surface area is 144 Å². The van der Waals surface area contributed by atoms with E-state index in [2.05, 4.69) is 15.6 Å². The molecular formula is C19H16FN3O2. The minimum Gasteiger partial charge on any atom is -0.454 e. The van der Waals surface area contributed by atoms with E-state index in [4.69, 9.17) is 4.74 Å². The van der Waals surface area contributed by atoms with Crippen molar-refractivity contribution in [2.75, 3.05) is 10.6 Å². The summed E-state index contributed by atoms with van der Waals surface area (Å²) in [5, 5.41) is 5.66. The van der Waals surface area contributed by atoms with Gasteiger partial charge in [-0.15, -0.1) is 0 Å². The number of halogens is 1. The first kappa shape index (κ1) is 16.4. The van der Waals surface area contributed by atoms with Gasteiger partial charge in [-0.25, -0.2) is 9.37 Å². The number of benzene rings is 2. The van der Waals surface area contributed by atoms with Crippen LogP contribution in [-0.2, 0) is 4.79 Å². The fourth-order valence-electron chi connectivity index (χ4n) is 2.20. The molecule has 0 saturated heterocycles. The molecule has 6 heteroatoms. The Morgan fingerprint density at radius 1 is 1.04 bits per heavy atom. The molecule has 0 bridgehead atoms. The van der Waals surface area contributed by atoms with Crippen LogP contribution in [0.3, 0.4) is 0 Å². The van der Waals surface area contributed by atoms with Gasteiger partial charge in [-0.05, 0) is 30.3 Å². The number of carbonyl (C=O) groups excluding carboxylic acids is 1. The average molecular weight is 337 g/mol. The maximum Gasteiger partial charge on any atom is 0.221 e. The highest BCUT2D eigenvalue weighted by molar-refractivity contribution is 5.88. The number of carbonyl (C=O) groups is 1. The zero-order chi connectivity index (χ0) is 17.6. The summed E-state index contributed by atoms with van der Waals surface area (Å²) in [6.45, 7) is 1.36. The van der Waals surface area contributed by atoms with Gasteiger partial charge in [0.25, 0.3) is 0 Å². The zero-order valence-electron chi connectivity index (χ0n) is 13.5. The number of aromatic nitrogens is 1. The number of hydrogen-bond donors (Lipinski definition) is 2.